The molecule has 1 N–H and O–H groups in total. The summed E-state index contributed by atoms with van der Waals surface area (Å²) in [7, 11) is 0. The molecule has 0 saturated heterocycles. The highest BCUT2D eigenvalue weighted by molar-refractivity contribution is 7.99. The van der Waals surface area contributed by atoms with Crippen molar-refractivity contribution in [3.05, 3.63) is 65.1 Å². The van der Waals surface area contributed by atoms with Gasteiger partial charge < -0.3 is 9.67 Å². The van der Waals surface area contributed by atoms with E-state index >= 15 is 0 Å². The number of hydrogen-bond acceptors (Lipinski definition) is 2. The number of aliphatic carboxylic acids is 1. The van der Waals surface area contributed by atoms with Crippen LogP contribution in [0, 0.1) is 12.7 Å². The molecule has 2 aromatic carbocycles. The Bertz CT molecular complexity index is 945. The molecule has 136 valence electrons. The molecule has 5 heteroatoms. The number of halogens is 1. The van der Waals surface area contributed by atoms with Gasteiger partial charge in [0.15, 0.2) is 0 Å². The zero-order valence-corrected chi connectivity index (χ0v) is 15.9. The van der Waals surface area contributed by atoms with Crippen LogP contribution in [0.4, 0.5) is 4.39 Å². The second-order valence-corrected chi connectivity index (χ2v) is 8.34. The molecule has 0 radical (unpaired) electrons. The number of carbonyl (C=O) groups is 1. The van der Waals surface area contributed by atoms with Gasteiger partial charge in [-0.25, -0.2) is 4.39 Å². The lowest BCUT2D eigenvalue weighted by Crippen LogP contribution is -2.10. The fraction of sp³-hybridized carbons (Fsp3) is 0.286. The summed E-state index contributed by atoms with van der Waals surface area (Å²) in [4.78, 5) is 12.4. The van der Waals surface area contributed by atoms with Gasteiger partial charge in [-0.2, -0.15) is 0 Å². The van der Waals surface area contributed by atoms with Crippen molar-refractivity contribution < 1.29 is 14.3 Å². The van der Waals surface area contributed by atoms with Crippen LogP contribution in [0.1, 0.15) is 30.7 Å². The molecule has 3 aromatic rings. The summed E-state index contributed by atoms with van der Waals surface area (Å²) in [6, 6.07) is 12.9. The number of carboxylic acids is 1. The molecule has 0 spiro atoms. The minimum atomic E-state index is -0.907. The van der Waals surface area contributed by atoms with Gasteiger partial charge in [-0.3, -0.25) is 4.79 Å². The summed E-state index contributed by atoms with van der Waals surface area (Å²) in [6.45, 7) is 6.10. The molecule has 0 aliphatic heterocycles. The van der Waals surface area contributed by atoms with E-state index in [-0.39, 0.29) is 12.4 Å². The summed E-state index contributed by atoms with van der Waals surface area (Å²) < 4.78 is 15.6. The lowest BCUT2D eigenvalue weighted by atomic mass is 10.0. The zero-order valence-electron chi connectivity index (χ0n) is 15.1. The topological polar surface area (TPSA) is 42.2 Å². The standard InChI is InChI=1S/C21H22FNO2S/c1-13(2)26-17-7-4-15(5-8-17)10-18-14(3)23(12-21(24)25)20-9-6-16(22)11-19(18)20/h4-9,11,13H,10,12H2,1-3H3,(H,24,25). The van der Waals surface area contributed by atoms with Gasteiger partial charge in [0.2, 0.25) is 0 Å². The first-order chi connectivity index (χ1) is 12.3. The minimum Gasteiger partial charge on any atom is -0.480 e. The second kappa shape index (κ2) is 7.54. The molecular formula is C21H22FNO2S. The molecule has 3 rings (SSSR count). The maximum Gasteiger partial charge on any atom is 0.323 e. The van der Waals surface area contributed by atoms with Gasteiger partial charge in [0, 0.05) is 26.7 Å². The molecular weight excluding hydrogens is 349 g/mol. The predicted molar refractivity (Wildman–Crippen MR) is 105 cm³/mol. The maximum atomic E-state index is 13.8. The van der Waals surface area contributed by atoms with E-state index in [0.29, 0.717) is 11.7 Å². The molecule has 0 unspecified atom stereocenters. The van der Waals surface area contributed by atoms with Crippen LogP contribution in [0.3, 0.4) is 0 Å². The Morgan fingerprint density at radius 2 is 1.88 bits per heavy atom. The van der Waals surface area contributed by atoms with Crippen LogP contribution in [0.25, 0.3) is 10.9 Å². The van der Waals surface area contributed by atoms with E-state index in [9.17, 15) is 14.3 Å². The van der Waals surface area contributed by atoms with Crippen LogP contribution in [0.5, 0.6) is 0 Å². The number of hydrogen-bond donors (Lipinski definition) is 1. The summed E-state index contributed by atoms with van der Waals surface area (Å²) in [5, 5.41) is 10.5. The Balaban J connectivity index is 2.00. The van der Waals surface area contributed by atoms with Crippen molar-refractivity contribution in [1.29, 1.82) is 0 Å². The molecule has 3 nitrogen and oxygen atoms in total. The molecule has 0 amide bonds. The van der Waals surface area contributed by atoms with E-state index < -0.39 is 5.97 Å². The first kappa shape index (κ1) is 18.5. The van der Waals surface area contributed by atoms with Crippen molar-refractivity contribution in [2.75, 3.05) is 0 Å². The predicted octanol–water partition coefficient (Wildman–Crippen LogP) is 5.26. The van der Waals surface area contributed by atoms with E-state index in [1.807, 2.05) is 18.7 Å². The number of fused-ring (bicyclic) bond motifs is 1. The summed E-state index contributed by atoms with van der Waals surface area (Å²) in [5.41, 5.74) is 3.73. The third-order valence-electron chi connectivity index (χ3n) is 4.39. The van der Waals surface area contributed by atoms with Gasteiger partial charge >= 0.3 is 5.97 Å². The molecule has 0 aliphatic carbocycles. The third kappa shape index (κ3) is 3.93. The largest absolute Gasteiger partial charge is 0.480 e. The second-order valence-electron chi connectivity index (χ2n) is 6.69. The van der Waals surface area contributed by atoms with Crippen LogP contribution in [-0.2, 0) is 17.8 Å². The highest BCUT2D eigenvalue weighted by atomic mass is 32.2. The molecule has 1 aromatic heterocycles. The van der Waals surface area contributed by atoms with Crippen LogP contribution >= 0.6 is 11.8 Å². The van der Waals surface area contributed by atoms with Gasteiger partial charge in [-0.15, -0.1) is 11.8 Å². The number of aromatic nitrogens is 1. The smallest absolute Gasteiger partial charge is 0.323 e. The van der Waals surface area contributed by atoms with Crippen molar-refractivity contribution in [2.45, 2.75) is 43.9 Å². The lowest BCUT2D eigenvalue weighted by molar-refractivity contribution is -0.137. The van der Waals surface area contributed by atoms with Crippen LogP contribution < -0.4 is 0 Å². The van der Waals surface area contributed by atoms with Crippen LogP contribution in [0.2, 0.25) is 0 Å². The number of benzene rings is 2. The fourth-order valence-corrected chi connectivity index (χ4v) is 4.09. The van der Waals surface area contributed by atoms with Gasteiger partial charge in [-0.05, 0) is 54.8 Å². The van der Waals surface area contributed by atoms with Crippen LogP contribution in [-0.4, -0.2) is 20.9 Å². The molecule has 0 fully saturated rings. The molecule has 26 heavy (non-hydrogen) atoms. The van der Waals surface area contributed by atoms with Crippen LogP contribution in [0.15, 0.2) is 47.4 Å². The van der Waals surface area contributed by atoms with Crippen molar-refractivity contribution in [3.8, 4) is 0 Å². The van der Waals surface area contributed by atoms with E-state index in [0.717, 1.165) is 27.7 Å². The van der Waals surface area contributed by atoms with Crippen molar-refractivity contribution >= 4 is 28.6 Å². The highest BCUT2D eigenvalue weighted by Crippen LogP contribution is 2.30. The van der Waals surface area contributed by atoms with E-state index in [1.54, 1.807) is 10.6 Å². The van der Waals surface area contributed by atoms with Crippen molar-refractivity contribution in [1.82, 2.24) is 4.57 Å². The Morgan fingerprint density at radius 1 is 1.19 bits per heavy atom. The SMILES string of the molecule is Cc1c(Cc2ccc(SC(C)C)cc2)c2cc(F)ccc2n1CC(=O)O. The average Bonchev–Trinajstić information content (AvgIpc) is 2.81. The number of nitrogens with zero attached hydrogens (tertiary/aromatic N) is 1. The van der Waals surface area contributed by atoms with E-state index in [4.69, 9.17) is 0 Å². The van der Waals surface area contributed by atoms with Gasteiger partial charge in [0.1, 0.15) is 12.4 Å². The molecule has 0 aliphatic rings. The Kier molecular flexibility index (Phi) is 5.37. The number of rotatable bonds is 6. The third-order valence-corrected chi connectivity index (χ3v) is 5.40. The average molecular weight is 371 g/mol. The first-order valence-electron chi connectivity index (χ1n) is 8.59. The Hall–Kier alpha value is -2.27. The van der Waals surface area contributed by atoms with Crippen molar-refractivity contribution in [3.63, 3.8) is 0 Å². The normalized spacial score (nSPS) is 11.4. The quantitative estimate of drug-likeness (QED) is 0.601. The summed E-state index contributed by atoms with van der Waals surface area (Å²) in [6.07, 6.45) is 0.644. The van der Waals surface area contributed by atoms with Gasteiger partial charge in [0.05, 0.1) is 0 Å². The van der Waals surface area contributed by atoms with E-state index in [2.05, 4.69) is 38.1 Å². The molecule has 0 saturated carbocycles. The Labute approximate surface area is 156 Å². The Morgan fingerprint density at radius 3 is 2.50 bits per heavy atom. The number of carboxylic acid groups (broad SMARTS) is 1. The first-order valence-corrected chi connectivity index (χ1v) is 9.47. The lowest BCUT2D eigenvalue weighted by Gasteiger charge is -2.08. The zero-order chi connectivity index (χ0) is 18.8. The molecule has 0 atom stereocenters. The molecule has 1 heterocycles. The van der Waals surface area contributed by atoms with Crippen molar-refractivity contribution in [2.24, 2.45) is 0 Å². The van der Waals surface area contributed by atoms with Gasteiger partial charge in [-0.1, -0.05) is 26.0 Å². The fourth-order valence-electron chi connectivity index (χ4n) is 3.25. The summed E-state index contributed by atoms with van der Waals surface area (Å²) >= 11 is 1.81. The summed E-state index contributed by atoms with van der Waals surface area (Å²) in [5.74, 6) is -1.22. The monoisotopic (exact) mass is 371 g/mol. The maximum absolute atomic E-state index is 13.8. The van der Waals surface area contributed by atoms with E-state index in [1.165, 1.54) is 17.0 Å². The van der Waals surface area contributed by atoms with Gasteiger partial charge in [0.25, 0.3) is 0 Å². The number of thioether (sulfide) groups is 1. The highest BCUT2D eigenvalue weighted by Gasteiger charge is 2.17. The minimum absolute atomic E-state index is 0.127. The molecule has 0 bridgehead atoms.